The van der Waals surface area contributed by atoms with E-state index in [1.165, 1.54) is 6.08 Å². The second-order valence-electron chi connectivity index (χ2n) is 9.31. The first-order valence-corrected chi connectivity index (χ1v) is 13.4. The Labute approximate surface area is 180 Å². The van der Waals surface area contributed by atoms with E-state index in [2.05, 4.69) is 45.4 Å². The maximum Gasteiger partial charge on any atom is 0.193 e. The molecule has 0 aliphatic heterocycles. The van der Waals surface area contributed by atoms with Crippen molar-refractivity contribution < 1.29 is 13.9 Å². The van der Waals surface area contributed by atoms with E-state index in [9.17, 15) is 9.50 Å². The number of halogens is 3. The van der Waals surface area contributed by atoms with Crippen molar-refractivity contribution in [3.63, 3.8) is 0 Å². The van der Waals surface area contributed by atoms with Gasteiger partial charge in [-0.05, 0) is 57.3 Å². The Kier molecular flexibility index (Phi) is 8.34. The Morgan fingerprint density at radius 1 is 1.25 bits per heavy atom. The van der Waals surface area contributed by atoms with Gasteiger partial charge in [0.05, 0.1) is 11.3 Å². The van der Waals surface area contributed by atoms with Gasteiger partial charge in [-0.3, -0.25) is 0 Å². The molecule has 0 saturated heterocycles. The molecule has 0 fully saturated rings. The Morgan fingerprint density at radius 2 is 1.82 bits per heavy atom. The number of hydrogen-bond donors (Lipinski definition) is 1. The van der Waals surface area contributed by atoms with Gasteiger partial charge < -0.3 is 9.53 Å². The third-order valence-electron chi connectivity index (χ3n) is 5.61. The van der Waals surface area contributed by atoms with Crippen LogP contribution in [-0.4, -0.2) is 24.3 Å². The van der Waals surface area contributed by atoms with E-state index in [-0.39, 0.29) is 21.4 Å². The molecule has 0 amide bonds. The molecule has 0 saturated carbocycles. The van der Waals surface area contributed by atoms with Gasteiger partial charge in [0.15, 0.2) is 19.3 Å². The lowest BCUT2D eigenvalue weighted by Gasteiger charge is -2.43. The smallest absolute Gasteiger partial charge is 0.193 e. The second-order valence-corrected chi connectivity index (χ2v) is 14.8. The summed E-state index contributed by atoms with van der Waals surface area (Å²) in [5.41, 5.74) is -1.80. The average molecular weight is 450 g/mol. The van der Waals surface area contributed by atoms with Crippen LogP contribution < -0.4 is 0 Å². The maximum atomic E-state index is 15.0. The molecule has 0 radical (unpaired) electrons. The van der Waals surface area contributed by atoms with Crippen LogP contribution in [0.3, 0.4) is 0 Å². The zero-order valence-electron chi connectivity index (χ0n) is 18.1. The van der Waals surface area contributed by atoms with Gasteiger partial charge in [-0.2, -0.15) is 0 Å². The molecule has 1 aromatic rings. The zero-order valence-corrected chi connectivity index (χ0v) is 20.6. The highest BCUT2D eigenvalue weighted by Crippen LogP contribution is 2.43. The topological polar surface area (TPSA) is 42.4 Å². The molecule has 1 N–H and O–H groups in total. The minimum Gasteiger partial charge on any atom is -0.408 e. The fraction of sp³-hybridized carbons (Fsp3) is 0.667. The minimum absolute atomic E-state index is 0.0379. The molecule has 160 valence electrons. The van der Waals surface area contributed by atoms with Crippen LogP contribution in [0.2, 0.25) is 23.3 Å². The molecule has 0 aromatic carbocycles. The summed E-state index contributed by atoms with van der Waals surface area (Å²) >= 11 is 11.9. The number of unbranched alkanes of at least 4 members (excludes halogenated alkanes) is 1. The fourth-order valence-electron chi connectivity index (χ4n) is 2.83. The highest BCUT2D eigenvalue weighted by Gasteiger charge is 2.43. The first kappa shape index (κ1) is 25.6. The first-order chi connectivity index (χ1) is 12.6. The van der Waals surface area contributed by atoms with Crippen LogP contribution >= 0.6 is 23.2 Å². The number of nitrogens with zero attached hydrogens (tertiary/aromatic N) is 1. The number of alkyl halides is 1. The summed E-state index contributed by atoms with van der Waals surface area (Å²) in [7, 11) is -2.19. The predicted octanol–water partition coefficient (Wildman–Crippen LogP) is 6.91. The van der Waals surface area contributed by atoms with Crippen molar-refractivity contribution in [2.45, 2.75) is 83.2 Å². The van der Waals surface area contributed by atoms with Gasteiger partial charge in [0.2, 0.25) is 0 Å². The van der Waals surface area contributed by atoms with Crippen LogP contribution in [0.4, 0.5) is 4.39 Å². The van der Waals surface area contributed by atoms with E-state index in [4.69, 9.17) is 27.6 Å². The Balaban J connectivity index is 3.42. The SMILES string of the molecule is C=CC(O)(CCCCCl)c1cc(C(C)(C)O[Si](C)(C)C(C)(C)C)c(F)c(Cl)n1. The number of hydrogen-bond acceptors (Lipinski definition) is 3. The van der Waals surface area contributed by atoms with Crippen LogP contribution in [0.5, 0.6) is 0 Å². The van der Waals surface area contributed by atoms with Gasteiger partial charge in [-0.15, -0.1) is 11.6 Å². The third kappa shape index (κ3) is 5.79. The van der Waals surface area contributed by atoms with Gasteiger partial charge in [-0.25, -0.2) is 9.37 Å². The molecule has 1 rings (SSSR count). The van der Waals surface area contributed by atoms with Gasteiger partial charge in [0, 0.05) is 11.4 Å². The quantitative estimate of drug-likeness (QED) is 0.146. The first-order valence-electron chi connectivity index (χ1n) is 9.60. The van der Waals surface area contributed by atoms with Crippen molar-refractivity contribution in [3.05, 3.63) is 40.9 Å². The van der Waals surface area contributed by atoms with E-state index < -0.39 is 25.3 Å². The molecule has 1 atom stereocenters. The molecule has 0 bridgehead atoms. The van der Waals surface area contributed by atoms with Gasteiger partial charge in [-0.1, -0.05) is 45.0 Å². The summed E-state index contributed by atoms with van der Waals surface area (Å²) < 4.78 is 21.5. The van der Waals surface area contributed by atoms with E-state index in [0.717, 1.165) is 6.42 Å². The van der Waals surface area contributed by atoms with Crippen LogP contribution in [-0.2, 0) is 15.6 Å². The molecule has 28 heavy (non-hydrogen) atoms. The lowest BCUT2D eigenvalue weighted by Crippen LogP contribution is -2.46. The predicted molar refractivity (Wildman–Crippen MR) is 119 cm³/mol. The number of aliphatic hydroxyl groups is 1. The standard InChI is InChI=1S/C21H34Cl2FNO2Si/c1-9-21(26,12-10-11-13-22)16-14-15(17(24)18(23)25-16)20(5,6)27-28(7,8)19(2,3)4/h9,14,26H,1,10-13H2,2-8H3. The highest BCUT2D eigenvalue weighted by atomic mass is 35.5. The fourth-order valence-corrected chi connectivity index (χ4v) is 4.90. The van der Waals surface area contributed by atoms with Crippen molar-refractivity contribution in [1.29, 1.82) is 0 Å². The van der Waals surface area contributed by atoms with E-state index in [1.54, 1.807) is 6.07 Å². The van der Waals surface area contributed by atoms with E-state index >= 15 is 0 Å². The number of rotatable bonds is 9. The molecule has 0 aliphatic carbocycles. The van der Waals surface area contributed by atoms with Crippen molar-refractivity contribution in [2.24, 2.45) is 0 Å². The molecular formula is C21H34Cl2FNO2Si. The van der Waals surface area contributed by atoms with Crippen molar-refractivity contribution >= 4 is 31.5 Å². The summed E-state index contributed by atoms with van der Waals surface area (Å²) in [5, 5.41) is 10.7. The van der Waals surface area contributed by atoms with Crippen LogP contribution in [0.15, 0.2) is 18.7 Å². The molecular weight excluding hydrogens is 416 g/mol. The zero-order chi connectivity index (χ0) is 22.0. The largest absolute Gasteiger partial charge is 0.408 e. The molecule has 3 nitrogen and oxygen atoms in total. The monoisotopic (exact) mass is 449 g/mol. The maximum absolute atomic E-state index is 15.0. The van der Waals surface area contributed by atoms with E-state index in [1.807, 2.05) is 13.8 Å². The summed E-state index contributed by atoms with van der Waals surface area (Å²) in [6, 6.07) is 1.55. The minimum atomic E-state index is -2.19. The highest BCUT2D eigenvalue weighted by molar-refractivity contribution is 6.74. The molecule has 1 aromatic heterocycles. The Bertz CT molecular complexity index is 704. The summed E-state index contributed by atoms with van der Waals surface area (Å²) in [5.74, 6) is -0.120. The second kappa shape index (κ2) is 9.13. The lowest BCUT2D eigenvalue weighted by atomic mass is 9.89. The van der Waals surface area contributed by atoms with E-state index in [0.29, 0.717) is 18.7 Å². The average Bonchev–Trinajstić information content (AvgIpc) is 2.55. The molecule has 0 aliphatic rings. The normalized spacial score (nSPS) is 15.4. The molecule has 1 unspecified atom stereocenters. The number of pyridine rings is 1. The van der Waals surface area contributed by atoms with Crippen molar-refractivity contribution in [2.75, 3.05) is 5.88 Å². The molecule has 7 heteroatoms. The van der Waals surface area contributed by atoms with Crippen LogP contribution in [0.1, 0.15) is 65.1 Å². The summed E-state index contributed by atoms with van der Waals surface area (Å²) in [6.45, 7) is 18.0. The summed E-state index contributed by atoms with van der Waals surface area (Å²) in [4.78, 5) is 4.11. The van der Waals surface area contributed by atoms with Crippen LogP contribution in [0, 0.1) is 5.82 Å². The van der Waals surface area contributed by atoms with Gasteiger partial charge in [0.1, 0.15) is 5.60 Å². The van der Waals surface area contributed by atoms with Crippen LogP contribution in [0.25, 0.3) is 0 Å². The number of aromatic nitrogens is 1. The van der Waals surface area contributed by atoms with Gasteiger partial charge >= 0.3 is 0 Å². The Morgan fingerprint density at radius 3 is 2.29 bits per heavy atom. The third-order valence-corrected chi connectivity index (χ3v) is 10.8. The van der Waals surface area contributed by atoms with Gasteiger partial charge in [0.25, 0.3) is 0 Å². The lowest BCUT2D eigenvalue weighted by molar-refractivity contribution is 0.0690. The Hall–Kier alpha value is -0.463. The molecule has 1 heterocycles. The molecule has 0 spiro atoms. The summed E-state index contributed by atoms with van der Waals surface area (Å²) in [6.07, 6.45) is 3.23. The van der Waals surface area contributed by atoms with Crippen molar-refractivity contribution in [3.8, 4) is 0 Å². The van der Waals surface area contributed by atoms with Crippen molar-refractivity contribution in [1.82, 2.24) is 4.98 Å².